The fourth-order valence-corrected chi connectivity index (χ4v) is 1.93. The summed E-state index contributed by atoms with van der Waals surface area (Å²) >= 11 is 3.26. The minimum absolute atomic E-state index is 0.0222. The molecule has 0 unspecified atom stereocenters. The van der Waals surface area contributed by atoms with Gasteiger partial charge in [0.25, 0.3) is 0 Å². The van der Waals surface area contributed by atoms with Crippen LogP contribution in [0.5, 0.6) is 11.5 Å². The molecule has 2 rings (SSSR count). The number of aliphatic hydroxyl groups is 1. The number of ether oxygens (including phenoxy) is 2. The predicted molar refractivity (Wildman–Crippen MR) is 56.2 cm³/mol. The molecule has 1 aromatic carbocycles. The van der Waals surface area contributed by atoms with Gasteiger partial charge >= 0.3 is 6.61 Å². The number of fused-ring (bicyclic) bond motifs is 1. The maximum atomic E-state index is 12.0. The third kappa shape index (κ3) is 2.27. The van der Waals surface area contributed by atoms with Crippen LogP contribution in [0.3, 0.4) is 0 Å². The first-order valence-electron chi connectivity index (χ1n) is 4.61. The van der Waals surface area contributed by atoms with Crippen LogP contribution in [-0.2, 0) is 0 Å². The van der Waals surface area contributed by atoms with Crippen LogP contribution in [0.25, 0.3) is 0 Å². The predicted octanol–water partition coefficient (Wildman–Crippen LogP) is 2.48. The Bertz CT molecular complexity index is 386. The van der Waals surface area contributed by atoms with Crippen LogP contribution < -0.4 is 9.47 Å². The van der Waals surface area contributed by atoms with Crippen molar-refractivity contribution in [3.63, 3.8) is 0 Å². The highest BCUT2D eigenvalue weighted by atomic mass is 79.9. The normalized spacial score (nSPS) is 23.8. The smallest absolute Gasteiger partial charge is 0.387 e. The molecule has 0 radical (unpaired) electrons. The molecule has 0 fully saturated rings. The molecule has 0 bridgehead atoms. The number of aliphatic hydroxyl groups excluding tert-OH is 1. The lowest BCUT2D eigenvalue weighted by Gasteiger charge is -2.26. The molecule has 2 atom stereocenters. The second kappa shape index (κ2) is 4.55. The van der Waals surface area contributed by atoms with Gasteiger partial charge in [-0.3, -0.25) is 0 Å². The van der Waals surface area contributed by atoms with Gasteiger partial charge in [0.2, 0.25) is 0 Å². The first-order valence-corrected chi connectivity index (χ1v) is 5.53. The van der Waals surface area contributed by atoms with Crippen molar-refractivity contribution >= 4 is 15.9 Å². The Kier molecular flexibility index (Phi) is 3.30. The lowest BCUT2D eigenvalue weighted by Crippen LogP contribution is -2.25. The van der Waals surface area contributed by atoms with Crippen molar-refractivity contribution in [3.8, 4) is 11.5 Å². The van der Waals surface area contributed by atoms with Gasteiger partial charge in [-0.15, -0.1) is 0 Å². The molecule has 1 N–H and O–H groups in total. The molecule has 88 valence electrons. The van der Waals surface area contributed by atoms with Gasteiger partial charge in [-0.1, -0.05) is 15.9 Å². The third-order valence-corrected chi connectivity index (χ3v) is 3.03. The zero-order chi connectivity index (χ0) is 11.7. The summed E-state index contributed by atoms with van der Waals surface area (Å²) in [6.07, 6.45) is -0.704. The Morgan fingerprint density at radius 2 is 2.25 bits per heavy atom. The average Bonchev–Trinajstić information content (AvgIpc) is 2.23. The van der Waals surface area contributed by atoms with E-state index in [1.807, 2.05) is 0 Å². The summed E-state index contributed by atoms with van der Waals surface area (Å²) in [5, 5.41) is 9.79. The lowest BCUT2D eigenvalue weighted by atomic mass is 10.0. The van der Waals surface area contributed by atoms with Crippen molar-refractivity contribution in [2.45, 2.75) is 17.5 Å². The highest BCUT2D eigenvalue weighted by Crippen LogP contribution is 2.37. The number of hydrogen-bond acceptors (Lipinski definition) is 3. The van der Waals surface area contributed by atoms with Crippen molar-refractivity contribution in [2.75, 3.05) is 6.61 Å². The Hall–Kier alpha value is -0.880. The molecule has 0 amide bonds. The highest BCUT2D eigenvalue weighted by molar-refractivity contribution is 9.09. The SMILES string of the molecule is O[C@@H]1c2ccc(OC(F)F)cc2OC[C@H]1Br. The Morgan fingerprint density at radius 1 is 1.50 bits per heavy atom. The van der Waals surface area contributed by atoms with Crippen molar-refractivity contribution in [3.05, 3.63) is 23.8 Å². The van der Waals surface area contributed by atoms with E-state index in [2.05, 4.69) is 20.7 Å². The van der Waals surface area contributed by atoms with Crippen LogP contribution in [0.2, 0.25) is 0 Å². The van der Waals surface area contributed by atoms with Crippen LogP contribution in [0.1, 0.15) is 11.7 Å². The molecule has 0 spiro atoms. The minimum Gasteiger partial charge on any atom is -0.492 e. The van der Waals surface area contributed by atoms with Crippen LogP contribution in [0.4, 0.5) is 8.78 Å². The van der Waals surface area contributed by atoms with E-state index >= 15 is 0 Å². The lowest BCUT2D eigenvalue weighted by molar-refractivity contribution is -0.0500. The van der Waals surface area contributed by atoms with E-state index in [1.54, 1.807) is 0 Å². The number of alkyl halides is 3. The molecule has 1 aromatic rings. The fourth-order valence-electron chi connectivity index (χ4n) is 1.52. The first kappa shape index (κ1) is 11.6. The second-order valence-electron chi connectivity index (χ2n) is 3.35. The molecule has 0 saturated heterocycles. The summed E-state index contributed by atoms with van der Waals surface area (Å²) in [5.41, 5.74) is 0.565. The molecule has 1 aliphatic heterocycles. The zero-order valence-electron chi connectivity index (χ0n) is 8.07. The first-order chi connectivity index (χ1) is 7.58. The summed E-state index contributed by atoms with van der Waals surface area (Å²) in [6, 6.07) is 4.25. The molecule has 6 heteroatoms. The van der Waals surface area contributed by atoms with Crippen molar-refractivity contribution in [1.29, 1.82) is 0 Å². The Morgan fingerprint density at radius 3 is 2.94 bits per heavy atom. The van der Waals surface area contributed by atoms with Crippen molar-refractivity contribution < 1.29 is 23.4 Å². The van der Waals surface area contributed by atoms with E-state index in [1.165, 1.54) is 18.2 Å². The fraction of sp³-hybridized carbons (Fsp3) is 0.400. The Labute approximate surface area is 99.1 Å². The van der Waals surface area contributed by atoms with Gasteiger partial charge in [-0.05, 0) is 12.1 Å². The number of halogens is 3. The number of benzene rings is 1. The van der Waals surface area contributed by atoms with Gasteiger partial charge in [0, 0.05) is 11.6 Å². The van der Waals surface area contributed by atoms with Crippen LogP contribution >= 0.6 is 15.9 Å². The average molecular weight is 295 g/mol. The van der Waals surface area contributed by atoms with E-state index in [0.29, 0.717) is 11.3 Å². The van der Waals surface area contributed by atoms with E-state index in [4.69, 9.17) is 4.74 Å². The largest absolute Gasteiger partial charge is 0.492 e. The highest BCUT2D eigenvalue weighted by Gasteiger charge is 2.27. The number of rotatable bonds is 2. The van der Waals surface area contributed by atoms with E-state index < -0.39 is 12.7 Å². The monoisotopic (exact) mass is 294 g/mol. The molecule has 3 nitrogen and oxygen atoms in total. The van der Waals surface area contributed by atoms with Gasteiger partial charge in [0.05, 0.1) is 10.9 Å². The van der Waals surface area contributed by atoms with Crippen LogP contribution in [-0.4, -0.2) is 23.2 Å². The summed E-state index contributed by atoms with van der Waals surface area (Å²) in [5.74, 6) is 0.398. The maximum absolute atomic E-state index is 12.0. The molecule has 0 aromatic heterocycles. The third-order valence-electron chi connectivity index (χ3n) is 2.27. The van der Waals surface area contributed by atoms with Gasteiger partial charge < -0.3 is 14.6 Å². The molecule has 0 aliphatic carbocycles. The molecule has 1 heterocycles. The Balaban J connectivity index is 2.26. The second-order valence-corrected chi connectivity index (χ2v) is 4.53. The van der Waals surface area contributed by atoms with Gasteiger partial charge in [-0.2, -0.15) is 8.78 Å². The van der Waals surface area contributed by atoms with Crippen molar-refractivity contribution in [2.24, 2.45) is 0 Å². The quantitative estimate of drug-likeness (QED) is 0.852. The summed E-state index contributed by atoms with van der Waals surface area (Å²) in [7, 11) is 0. The maximum Gasteiger partial charge on any atom is 0.387 e. The van der Waals surface area contributed by atoms with Gasteiger partial charge in [0.15, 0.2) is 0 Å². The van der Waals surface area contributed by atoms with Gasteiger partial charge in [-0.25, -0.2) is 0 Å². The zero-order valence-corrected chi connectivity index (χ0v) is 9.65. The van der Waals surface area contributed by atoms with Crippen molar-refractivity contribution in [1.82, 2.24) is 0 Å². The summed E-state index contributed by atoms with van der Waals surface area (Å²) in [4.78, 5) is -0.193. The molecule has 0 saturated carbocycles. The number of hydrogen-bond donors (Lipinski definition) is 1. The van der Waals surface area contributed by atoms with E-state index in [9.17, 15) is 13.9 Å². The summed E-state index contributed by atoms with van der Waals surface area (Å²) in [6.45, 7) is -2.58. The van der Waals surface area contributed by atoms with E-state index in [-0.39, 0.29) is 17.2 Å². The van der Waals surface area contributed by atoms with Crippen LogP contribution in [0.15, 0.2) is 18.2 Å². The molecule has 16 heavy (non-hydrogen) atoms. The van der Waals surface area contributed by atoms with Crippen LogP contribution in [0, 0.1) is 0 Å². The van der Waals surface area contributed by atoms with Gasteiger partial charge in [0.1, 0.15) is 18.1 Å². The minimum atomic E-state index is -2.87. The topological polar surface area (TPSA) is 38.7 Å². The molecule has 1 aliphatic rings. The van der Waals surface area contributed by atoms with E-state index in [0.717, 1.165) is 0 Å². The standard InChI is InChI=1S/C10H9BrF2O3/c11-7-4-15-8-3-5(16-10(12)13)1-2-6(8)9(7)14/h1-3,7,9-10,14H,4H2/t7-,9-/m1/s1. The molecular weight excluding hydrogens is 286 g/mol. The molecular formula is C10H9BrF2O3. The summed E-state index contributed by atoms with van der Waals surface area (Å²) < 4.78 is 33.5.